The second-order valence-electron chi connectivity index (χ2n) is 6.02. The third kappa shape index (κ3) is 5.92. The Bertz CT molecular complexity index is 632. The van der Waals surface area contributed by atoms with E-state index in [0.29, 0.717) is 5.56 Å². The van der Waals surface area contributed by atoms with Crippen molar-refractivity contribution in [2.75, 3.05) is 0 Å². The van der Waals surface area contributed by atoms with E-state index < -0.39 is 23.8 Å². The summed E-state index contributed by atoms with van der Waals surface area (Å²) in [7, 11) is 0. The Morgan fingerprint density at radius 2 is 1.80 bits per heavy atom. The van der Waals surface area contributed by atoms with Gasteiger partial charge in [0.15, 0.2) is 6.10 Å². The lowest BCUT2D eigenvalue weighted by molar-refractivity contribution is -0.150. The molecule has 1 saturated carbocycles. The van der Waals surface area contributed by atoms with Crippen LogP contribution in [-0.2, 0) is 20.5 Å². The first-order valence-corrected chi connectivity index (χ1v) is 8.12. The molecular weight excluding hydrogens is 335 g/mol. The summed E-state index contributed by atoms with van der Waals surface area (Å²) in [5, 5.41) is 2.83. The fraction of sp³-hybridized carbons (Fsp3) is 0.444. The van der Waals surface area contributed by atoms with Gasteiger partial charge in [0.25, 0.3) is 5.91 Å². The lowest BCUT2D eigenvalue weighted by Gasteiger charge is -2.16. The molecule has 1 aromatic rings. The number of rotatable bonds is 5. The van der Waals surface area contributed by atoms with Gasteiger partial charge in [0.2, 0.25) is 0 Å². The van der Waals surface area contributed by atoms with E-state index in [-0.39, 0.29) is 11.9 Å². The molecule has 1 aliphatic rings. The van der Waals surface area contributed by atoms with Crippen molar-refractivity contribution < 1.29 is 27.5 Å². The van der Waals surface area contributed by atoms with Crippen LogP contribution in [0.1, 0.15) is 43.7 Å². The summed E-state index contributed by atoms with van der Waals surface area (Å²) < 4.78 is 42.4. The van der Waals surface area contributed by atoms with Crippen LogP contribution in [0.25, 0.3) is 6.08 Å². The van der Waals surface area contributed by atoms with Crippen molar-refractivity contribution in [3.63, 3.8) is 0 Å². The minimum absolute atomic E-state index is 0.136. The Morgan fingerprint density at radius 1 is 1.20 bits per heavy atom. The number of benzene rings is 1. The molecule has 1 amide bonds. The second kappa shape index (κ2) is 8.18. The molecule has 0 radical (unpaired) electrons. The molecule has 4 nitrogen and oxygen atoms in total. The van der Waals surface area contributed by atoms with E-state index in [1.807, 2.05) is 0 Å². The van der Waals surface area contributed by atoms with Gasteiger partial charge in [0.05, 0.1) is 5.56 Å². The van der Waals surface area contributed by atoms with Crippen LogP contribution < -0.4 is 5.32 Å². The number of hydrogen-bond acceptors (Lipinski definition) is 3. The quantitative estimate of drug-likeness (QED) is 0.647. The van der Waals surface area contributed by atoms with Crippen LogP contribution in [0.15, 0.2) is 30.3 Å². The number of esters is 1. The molecule has 1 aliphatic carbocycles. The van der Waals surface area contributed by atoms with Gasteiger partial charge in [-0.15, -0.1) is 0 Å². The van der Waals surface area contributed by atoms with Gasteiger partial charge >= 0.3 is 12.1 Å². The normalized spacial score (nSPS) is 16.8. The predicted molar refractivity (Wildman–Crippen MR) is 86.4 cm³/mol. The lowest BCUT2D eigenvalue weighted by Crippen LogP contribution is -2.40. The maximum Gasteiger partial charge on any atom is 0.416 e. The molecular formula is C18H20F3NO3. The van der Waals surface area contributed by atoms with Crippen molar-refractivity contribution in [3.05, 3.63) is 41.5 Å². The number of hydrogen-bond donors (Lipinski definition) is 1. The minimum atomic E-state index is -4.40. The largest absolute Gasteiger partial charge is 0.449 e. The van der Waals surface area contributed by atoms with Crippen LogP contribution in [0, 0.1) is 0 Å². The first kappa shape index (κ1) is 19.0. The average Bonchev–Trinajstić information content (AvgIpc) is 3.05. The lowest BCUT2D eigenvalue weighted by atomic mass is 10.1. The molecule has 1 fully saturated rings. The van der Waals surface area contributed by atoms with Gasteiger partial charge in [-0.05, 0) is 43.5 Å². The van der Waals surface area contributed by atoms with Crippen molar-refractivity contribution >= 4 is 18.0 Å². The summed E-state index contributed by atoms with van der Waals surface area (Å²) in [5.74, 6) is -1.07. The Labute approximate surface area is 144 Å². The Morgan fingerprint density at radius 3 is 2.36 bits per heavy atom. The topological polar surface area (TPSA) is 55.4 Å². The number of carbonyl (C=O) groups is 2. The summed E-state index contributed by atoms with van der Waals surface area (Å²) in [6.45, 7) is 1.48. The van der Waals surface area contributed by atoms with Crippen molar-refractivity contribution in [2.24, 2.45) is 0 Å². The van der Waals surface area contributed by atoms with Crippen LogP contribution >= 0.6 is 0 Å². The number of carbonyl (C=O) groups excluding carboxylic acids is 2. The zero-order valence-electron chi connectivity index (χ0n) is 13.8. The van der Waals surface area contributed by atoms with Gasteiger partial charge < -0.3 is 10.1 Å². The highest BCUT2D eigenvalue weighted by Crippen LogP contribution is 2.29. The summed E-state index contributed by atoms with van der Waals surface area (Å²) in [4.78, 5) is 23.6. The molecule has 7 heteroatoms. The van der Waals surface area contributed by atoms with Crippen molar-refractivity contribution in [1.82, 2.24) is 5.32 Å². The summed E-state index contributed by atoms with van der Waals surface area (Å²) in [5.41, 5.74) is -0.336. The maximum absolute atomic E-state index is 12.5. The third-order valence-corrected chi connectivity index (χ3v) is 4.01. The summed E-state index contributed by atoms with van der Waals surface area (Å²) in [6, 6.07) is 4.51. The van der Waals surface area contributed by atoms with Gasteiger partial charge in [-0.1, -0.05) is 25.0 Å². The molecule has 0 spiro atoms. The van der Waals surface area contributed by atoms with Crippen molar-refractivity contribution in [1.29, 1.82) is 0 Å². The molecule has 0 aliphatic heterocycles. The highest BCUT2D eigenvalue weighted by molar-refractivity contribution is 5.90. The van der Waals surface area contributed by atoms with E-state index in [0.717, 1.165) is 43.9 Å². The predicted octanol–water partition coefficient (Wildman–Crippen LogP) is 3.71. The van der Waals surface area contributed by atoms with E-state index in [1.165, 1.54) is 25.1 Å². The van der Waals surface area contributed by atoms with Crippen LogP contribution in [0.3, 0.4) is 0 Å². The van der Waals surface area contributed by atoms with E-state index in [4.69, 9.17) is 4.74 Å². The first-order chi connectivity index (χ1) is 11.8. The van der Waals surface area contributed by atoms with Crippen LogP contribution in [0.5, 0.6) is 0 Å². The average molecular weight is 355 g/mol. The molecule has 0 unspecified atom stereocenters. The molecule has 0 saturated heterocycles. The SMILES string of the molecule is C[C@H](OC(=O)/C=C/c1ccc(C(F)(F)F)cc1)C(=O)NC1CCCC1. The number of ether oxygens (including phenoxy) is 1. The van der Waals surface area contributed by atoms with E-state index in [2.05, 4.69) is 5.32 Å². The number of alkyl halides is 3. The Hall–Kier alpha value is -2.31. The second-order valence-corrected chi connectivity index (χ2v) is 6.02. The minimum Gasteiger partial charge on any atom is -0.449 e. The maximum atomic E-state index is 12.5. The summed E-state index contributed by atoms with van der Waals surface area (Å²) >= 11 is 0. The fourth-order valence-electron chi connectivity index (χ4n) is 2.60. The molecule has 2 rings (SSSR count). The molecule has 136 valence electrons. The molecule has 0 aromatic heterocycles. The van der Waals surface area contributed by atoms with E-state index >= 15 is 0 Å². The van der Waals surface area contributed by atoms with Crippen molar-refractivity contribution in [2.45, 2.75) is 50.9 Å². The van der Waals surface area contributed by atoms with Gasteiger partial charge in [-0.3, -0.25) is 4.79 Å². The van der Waals surface area contributed by atoms with E-state index in [1.54, 1.807) is 0 Å². The Balaban J connectivity index is 1.84. The Kier molecular flexibility index (Phi) is 6.22. The van der Waals surface area contributed by atoms with Crippen LogP contribution in [0.4, 0.5) is 13.2 Å². The number of halogens is 3. The van der Waals surface area contributed by atoms with Crippen LogP contribution in [-0.4, -0.2) is 24.0 Å². The standard InChI is InChI=1S/C18H20F3NO3/c1-12(17(24)22-15-4-2-3-5-15)25-16(23)11-8-13-6-9-14(10-7-13)18(19,20)21/h6-12,15H,2-5H2,1H3,(H,22,24)/b11-8+/t12-/m0/s1. The number of nitrogens with one attached hydrogen (secondary N) is 1. The smallest absolute Gasteiger partial charge is 0.416 e. The molecule has 1 aromatic carbocycles. The molecule has 25 heavy (non-hydrogen) atoms. The fourth-order valence-corrected chi connectivity index (χ4v) is 2.60. The highest BCUT2D eigenvalue weighted by atomic mass is 19.4. The summed E-state index contributed by atoms with van der Waals surface area (Å²) in [6.07, 6.45) is 1.12. The highest BCUT2D eigenvalue weighted by Gasteiger charge is 2.29. The monoisotopic (exact) mass is 355 g/mol. The van der Waals surface area contributed by atoms with E-state index in [9.17, 15) is 22.8 Å². The van der Waals surface area contributed by atoms with Gasteiger partial charge in [-0.2, -0.15) is 13.2 Å². The molecule has 0 bridgehead atoms. The number of amides is 1. The zero-order valence-corrected chi connectivity index (χ0v) is 13.8. The molecule has 1 atom stereocenters. The third-order valence-electron chi connectivity index (χ3n) is 4.01. The van der Waals surface area contributed by atoms with Crippen molar-refractivity contribution in [3.8, 4) is 0 Å². The first-order valence-electron chi connectivity index (χ1n) is 8.12. The molecule has 1 N–H and O–H groups in total. The van der Waals surface area contributed by atoms with Gasteiger partial charge in [0.1, 0.15) is 0 Å². The van der Waals surface area contributed by atoms with Crippen LogP contribution in [0.2, 0.25) is 0 Å². The zero-order chi connectivity index (χ0) is 18.4. The van der Waals surface area contributed by atoms with Gasteiger partial charge in [-0.25, -0.2) is 4.79 Å². The van der Waals surface area contributed by atoms with Gasteiger partial charge in [0, 0.05) is 12.1 Å². The molecule has 0 heterocycles.